The zero-order valence-corrected chi connectivity index (χ0v) is 12.4. The maximum Gasteiger partial charge on any atom is 0.326 e. The van der Waals surface area contributed by atoms with Crippen molar-refractivity contribution in [3.8, 4) is 5.75 Å². The van der Waals surface area contributed by atoms with E-state index in [-0.39, 0.29) is 6.42 Å². The highest BCUT2D eigenvalue weighted by atomic mass is 16.5. The third-order valence-corrected chi connectivity index (χ3v) is 3.84. The summed E-state index contributed by atoms with van der Waals surface area (Å²) in [6.07, 6.45) is 0.0198. The first-order valence-electron chi connectivity index (χ1n) is 7.45. The summed E-state index contributed by atoms with van der Waals surface area (Å²) in [5.74, 6) is -0.773. The van der Waals surface area contributed by atoms with Gasteiger partial charge in [-0.2, -0.15) is 0 Å². The Kier molecular flexibility index (Phi) is 4.28. The summed E-state index contributed by atoms with van der Waals surface area (Å²) in [5.41, 5.74) is 1.82. The predicted octanol–water partition coefficient (Wildman–Crippen LogP) is 1.80. The van der Waals surface area contributed by atoms with Gasteiger partial charge in [-0.25, -0.2) is 4.79 Å². The first-order chi connectivity index (χ1) is 11.1. The van der Waals surface area contributed by atoms with Crippen molar-refractivity contribution in [3.63, 3.8) is 0 Å². The molecule has 1 heterocycles. The Balaban J connectivity index is 1.65. The molecule has 1 amide bonds. The minimum absolute atomic E-state index is 0.238. The van der Waals surface area contributed by atoms with Gasteiger partial charge >= 0.3 is 5.97 Å². The monoisotopic (exact) mass is 311 g/mol. The third kappa shape index (κ3) is 3.51. The summed E-state index contributed by atoms with van der Waals surface area (Å²) in [4.78, 5) is 23.7. The summed E-state index contributed by atoms with van der Waals surface area (Å²) in [5, 5.41) is 11.9. The molecule has 2 atom stereocenters. The molecule has 2 aromatic rings. The minimum atomic E-state index is -1.06. The van der Waals surface area contributed by atoms with Crippen LogP contribution < -0.4 is 10.1 Å². The van der Waals surface area contributed by atoms with E-state index < -0.39 is 24.0 Å². The standard InChI is InChI=1S/C18H17NO4/c20-17(16-11-13-8-4-5-9-15(13)23-16)19-14(18(21)22)10-12-6-2-1-3-7-12/h1-9,14,16H,10-11H2,(H,19,20)(H,21,22)/t14-,16?/m0/s1. The average molecular weight is 311 g/mol. The Morgan fingerprint density at radius 1 is 1.13 bits per heavy atom. The van der Waals surface area contributed by atoms with E-state index in [1.807, 2.05) is 48.5 Å². The van der Waals surface area contributed by atoms with Gasteiger partial charge in [0.15, 0.2) is 6.10 Å². The minimum Gasteiger partial charge on any atom is -0.480 e. The largest absolute Gasteiger partial charge is 0.480 e. The molecule has 0 radical (unpaired) electrons. The average Bonchev–Trinajstić information content (AvgIpc) is 2.99. The first-order valence-corrected chi connectivity index (χ1v) is 7.45. The summed E-state index contributed by atoms with van der Waals surface area (Å²) in [6.45, 7) is 0. The Morgan fingerprint density at radius 2 is 1.83 bits per heavy atom. The predicted molar refractivity (Wildman–Crippen MR) is 84.3 cm³/mol. The van der Waals surface area contributed by atoms with Crippen LogP contribution >= 0.6 is 0 Å². The fourth-order valence-electron chi connectivity index (χ4n) is 2.64. The number of hydrogen-bond donors (Lipinski definition) is 2. The van der Waals surface area contributed by atoms with Crippen molar-refractivity contribution in [1.82, 2.24) is 5.32 Å². The van der Waals surface area contributed by atoms with Crippen LogP contribution in [-0.4, -0.2) is 29.1 Å². The smallest absolute Gasteiger partial charge is 0.326 e. The number of carbonyl (C=O) groups excluding carboxylic acids is 1. The molecule has 0 saturated carbocycles. The van der Waals surface area contributed by atoms with Gasteiger partial charge in [-0.3, -0.25) is 4.79 Å². The number of amides is 1. The number of aliphatic carboxylic acids is 1. The summed E-state index contributed by atoms with van der Waals surface area (Å²) < 4.78 is 5.59. The van der Waals surface area contributed by atoms with Gasteiger partial charge in [0.05, 0.1) is 0 Å². The summed E-state index contributed by atoms with van der Waals surface area (Å²) in [6, 6.07) is 15.7. The van der Waals surface area contributed by atoms with Crippen LogP contribution in [0.15, 0.2) is 54.6 Å². The highest BCUT2D eigenvalue weighted by molar-refractivity contribution is 5.87. The molecule has 2 N–H and O–H groups in total. The van der Waals surface area contributed by atoms with Crippen LogP contribution in [0, 0.1) is 0 Å². The second-order valence-electron chi connectivity index (χ2n) is 5.51. The highest BCUT2D eigenvalue weighted by Gasteiger charge is 2.31. The normalized spacial score (nSPS) is 17.0. The SMILES string of the molecule is O=C(N[C@@H](Cc1ccccc1)C(=O)O)C1Cc2ccccc2O1. The second-order valence-corrected chi connectivity index (χ2v) is 5.51. The van der Waals surface area contributed by atoms with Gasteiger partial charge in [0, 0.05) is 12.8 Å². The number of benzene rings is 2. The van der Waals surface area contributed by atoms with Crippen molar-refractivity contribution in [2.45, 2.75) is 25.0 Å². The topological polar surface area (TPSA) is 75.6 Å². The number of carboxylic acids is 1. The number of rotatable bonds is 5. The molecule has 0 aromatic heterocycles. The molecule has 0 saturated heterocycles. The maximum atomic E-state index is 12.3. The molecule has 1 aliphatic heterocycles. The van der Waals surface area contributed by atoms with Gasteiger partial charge in [0.1, 0.15) is 11.8 Å². The molecular weight excluding hydrogens is 294 g/mol. The summed E-state index contributed by atoms with van der Waals surface area (Å²) in [7, 11) is 0. The lowest BCUT2D eigenvalue weighted by molar-refractivity contribution is -0.142. The van der Waals surface area contributed by atoms with Crippen LogP contribution in [0.4, 0.5) is 0 Å². The zero-order chi connectivity index (χ0) is 16.2. The van der Waals surface area contributed by atoms with E-state index in [9.17, 15) is 14.7 Å². The number of nitrogens with one attached hydrogen (secondary N) is 1. The molecule has 118 valence electrons. The quantitative estimate of drug-likeness (QED) is 0.883. The van der Waals surface area contributed by atoms with Crippen LogP contribution in [0.3, 0.4) is 0 Å². The zero-order valence-electron chi connectivity index (χ0n) is 12.4. The van der Waals surface area contributed by atoms with Gasteiger partial charge in [0.2, 0.25) is 0 Å². The lowest BCUT2D eigenvalue weighted by atomic mass is 10.1. The Bertz CT molecular complexity index is 689. The van der Waals surface area contributed by atoms with Crippen LogP contribution in [0.5, 0.6) is 5.75 Å². The Morgan fingerprint density at radius 3 is 2.52 bits per heavy atom. The van der Waals surface area contributed by atoms with Gasteiger partial charge in [-0.1, -0.05) is 48.5 Å². The van der Waals surface area contributed by atoms with Crippen molar-refractivity contribution in [2.75, 3.05) is 0 Å². The van der Waals surface area contributed by atoms with Crippen LogP contribution in [0.2, 0.25) is 0 Å². The van der Waals surface area contributed by atoms with Gasteiger partial charge in [0.25, 0.3) is 5.91 Å². The molecule has 5 nitrogen and oxygen atoms in total. The van der Waals surface area contributed by atoms with Crippen molar-refractivity contribution >= 4 is 11.9 Å². The van der Waals surface area contributed by atoms with Crippen molar-refractivity contribution < 1.29 is 19.4 Å². The van der Waals surface area contributed by atoms with E-state index in [2.05, 4.69) is 5.32 Å². The number of ether oxygens (including phenoxy) is 1. The third-order valence-electron chi connectivity index (χ3n) is 3.84. The second kappa shape index (κ2) is 6.52. The molecule has 1 unspecified atom stereocenters. The van der Waals surface area contributed by atoms with Crippen molar-refractivity contribution in [1.29, 1.82) is 0 Å². The fraction of sp³-hybridized carbons (Fsp3) is 0.222. The van der Waals surface area contributed by atoms with E-state index in [4.69, 9.17) is 4.74 Å². The number of carbonyl (C=O) groups is 2. The molecule has 0 fully saturated rings. The van der Waals surface area contributed by atoms with Crippen molar-refractivity contribution in [3.05, 3.63) is 65.7 Å². The van der Waals surface area contributed by atoms with Gasteiger partial charge in [-0.05, 0) is 17.2 Å². The van der Waals surface area contributed by atoms with Crippen molar-refractivity contribution in [2.24, 2.45) is 0 Å². The number of carboxylic acid groups (broad SMARTS) is 1. The van der Waals surface area contributed by atoms with Crippen LogP contribution in [0.1, 0.15) is 11.1 Å². The molecule has 23 heavy (non-hydrogen) atoms. The number of para-hydroxylation sites is 1. The van der Waals surface area contributed by atoms with E-state index in [1.54, 1.807) is 6.07 Å². The number of fused-ring (bicyclic) bond motifs is 1. The Labute approximate surface area is 133 Å². The molecule has 2 aromatic carbocycles. The molecule has 0 bridgehead atoms. The van der Waals surface area contributed by atoms with E-state index in [0.717, 1.165) is 11.1 Å². The molecule has 0 spiro atoms. The van der Waals surface area contributed by atoms with E-state index >= 15 is 0 Å². The molecular formula is C18H17NO4. The molecule has 1 aliphatic rings. The van der Waals surface area contributed by atoms with E-state index in [1.165, 1.54) is 0 Å². The Hall–Kier alpha value is -2.82. The van der Waals surface area contributed by atoms with Gasteiger partial charge in [-0.15, -0.1) is 0 Å². The fourth-order valence-corrected chi connectivity index (χ4v) is 2.64. The lowest BCUT2D eigenvalue weighted by Crippen LogP contribution is -2.47. The lowest BCUT2D eigenvalue weighted by Gasteiger charge is -2.17. The molecule has 5 heteroatoms. The van der Waals surface area contributed by atoms with E-state index in [0.29, 0.717) is 12.2 Å². The van der Waals surface area contributed by atoms with Crippen LogP contribution in [0.25, 0.3) is 0 Å². The summed E-state index contributed by atoms with van der Waals surface area (Å²) >= 11 is 0. The highest BCUT2D eigenvalue weighted by Crippen LogP contribution is 2.28. The van der Waals surface area contributed by atoms with Crippen LogP contribution in [-0.2, 0) is 22.4 Å². The molecule has 0 aliphatic carbocycles. The maximum absolute atomic E-state index is 12.3. The first kappa shape index (κ1) is 15.1. The number of hydrogen-bond acceptors (Lipinski definition) is 3. The van der Waals surface area contributed by atoms with Gasteiger partial charge < -0.3 is 15.2 Å². The molecule has 3 rings (SSSR count).